The average molecular weight is 452 g/mol. The number of nitrogens with two attached hydrogens (primary N) is 1. The number of hydrogen-bond acceptors (Lipinski definition) is 7. The molecule has 0 aliphatic carbocycles. The number of nitrogen functional groups attached to an aromatic ring is 1. The molecule has 4 aromatic rings. The highest BCUT2D eigenvalue weighted by Crippen LogP contribution is 2.38. The van der Waals surface area contributed by atoms with Crippen LogP contribution in [0.15, 0.2) is 47.8 Å². The summed E-state index contributed by atoms with van der Waals surface area (Å²) >= 11 is 8.27. The van der Waals surface area contributed by atoms with Gasteiger partial charge >= 0.3 is 0 Å². The Labute approximate surface area is 189 Å². The van der Waals surface area contributed by atoms with Crippen LogP contribution in [-0.2, 0) is 7.05 Å². The Bertz CT molecular complexity index is 1270. The van der Waals surface area contributed by atoms with Gasteiger partial charge in [0.05, 0.1) is 16.2 Å². The third-order valence-corrected chi connectivity index (χ3v) is 6.93. The summed E-state index contributed by atoms with van der Waals surface area (Å²) in [6, 6.07) is 9.73. The van der Waals surface area contributed by atoms with E-state index in [9.17, 15) is 0 Å². The molecule has 158 valence electrons. The number of nitrogens with zero attached hydrogens (tertiary/aromatic N) is 6. The Kier molecular flexibility index (Phi) is 5.29. The van der Waals surface area contributed by atoms with E-state index in [2.05, 4.69) is 22.0 Å². The van der Waals surface area contributed by atoms with E-state index in [4.69, 9.17) is 27.3 Å². The van der Waals surface area contributed by atoms with Gasteiger partial charge in [0, 0.05) is 42.2 Å². The van der Waals surface area contributed by atoms with Crippen molar-refractivity contribution < 1.29 is 0 Å². The number of aromatic nitrogens is 5. The fourth-order valence-electron chi connectivity index (χ4n) is 3.87. The number of hydrogen-bond donors (Lipinski definition) is 1. The first-order valence-corrected chi connectivity index (χ1v) is 11.3. The quantitative estimate of drug-likeness (QED) is 0.499. The lowest BCUT2D eigenvalue weighted by Gasteiger charge is -2.15. The summed E-state index contributed by atoms with van der Waals surface area (Å²) in [6.45, 7) is 2.09. The molecule has 9 heteroatoms. The van der Waals surface area contributed by atoms with Gasteiger partial charge in [0.15, 0.2) is 5.82 Å². The van der Waals surface area contributed by atoms with Crippen molar-refractivity contribution in [1.82, 2.24) is 29.6 Å². The molecule has 3 aromatic heterocycles. The SMILES string of the molecule is CN1CCC(Sc2nc(-c3cc(Cl)c4ncccc4c3)c(-c3ccn(C)n3)nc2N)C1. The number of fused-ring (bicyclic) bond motifs is 1. The number of halogens is 1. The highest BCUT2D eigenvalue weighted by atomic mass is 35.5. The minimum absolute atomic E-state index is 0.428. The minimum atomic E-state index is 0.428. The molecule has 1 unspecified atom stereocenters. The van der Waals surface area contributed by atoms with Gasteiger partial charge in [-0.1, -0.05) is 29.4 Å². The maximum Gasteiger partial charge on any atom is 0.156 e. The zero-order valence-corrected chi connectivity index (χ0v) is 18.9. The van der Waals surface area contributed by atoms with E-state index in [0.717, 1.165) is 52.4 Å². The summed E-state index contributed by atoms with van der Waals surface area (Å²) in [4.78, 5) is 16.5. The summed E-state index contributed by atoms with van der Waals surface area (Å²) in [5.41, 5.74) is 10.1. The van der Waals surface area contributed by atoms with Gasteiger partial charge < -0.3 is 10.6 Å². The van der Waals surface area contributed by atoms with Crippen molar-refractivity contribution in [2.45, 2.75) is 16.7 Å². The van der Waals surface area contributed by atoms with Crippen LogP contribution < -0.4 is 5.73 Å². The predicted octanol–water partition coefficient (Wildman–Crippen LogP) is 4.12. The number of aryl methyl sites for hydroxylation is 1. The van der Waals surface area contributed by atoms with Gasteiger partial charge in [-0.05, 0) is 44.3 Å². The zero-order chi connectivity index (χ0) is 21.5. The lowest BCUT2D eigenvalue weighted by atomic mass is 10.0. The number of likely N-dealkylation sites (tertiary alicyclic amines) is 1. The summed E-state index contributed by atoms with van der Waals surface area (Å²) in [7, 11) is 4.01. The van der Waals surface area contributed by atoms with E-state index in [1.54, 1.807) is 22.6 Å². The smallest absolute Gasteiger partial charge is 0.156 e. The Hall–Kier alpha value is -2.68. The molecule has 4 heterocycles. The lowest BCUT2D eigenvalue weighted by Crippen LogP contribution is -2.15. The molecule has 0 bridgehead atoms. The Balaban J connectivity index is 1.67. The number of rotatable bonds is 4. The fraction of sp³-hybridized carbons (Fsp3) is 0.273. The van der Waals surface area contributed by atoms with Gasteiger partial charge in [-0.15, -0.1) is 0 Å². The van der Waals surface area contributed by atoms with Gasteiger partial charge in [-0.2, -0.15) is 5.10 Å². The van der Waals surface area contributed by atoms with Gasteiger partial charge in [-0.3, -0.25) is 9.67 Å². The fourth-order valence-corrected chi connectivity index (χ4v) is 5.33. The van der Waals surface area contributed by atoms with Crippen LogP contribution in [0.5, 0.6) is 0 Å². The molecule has 5 rings (SSSR count). The highest BCUT2D eigenvalue weighted by molar-refractivity contribution is 8.00. The van der Waals surface area contributed by atoms with Gasteiger partial charge in [0.2, 0.25) is 0 Å². The van der Waals surface area contributed by atoms with Crippen molar-refractivity contribution in [3.63, 3.8) is 0 Å². The summed E-state index contributed by atoms with van der Waals surface area (Å²) < 4.78 is 1.74. The molecule has 0 amide bonds. The average Bonchev–Trinajstić information content (AvgIpc) is 3.37. The number of anilines is 1. The first-order valence-electron chi connectivity index (χ1n) is 10.1. The largest absolute Gasteiger partial charge is 0.381 e. The first kappa shape index (κ1) is 20.2. The van der Waals surface area contributed by atoms with Crippen molar-refractivity contribution >= 4 is 40.1 Å². The van der Waals surface area contributed by atoms with Crippen LogP contribution in [0.1, 0.15) is 6.42 Å². The van der Waals surface area contributed by atoms with E-state index < -0.39 is 0 Å². The number of thioether (sulfide) groups is 1. The van der Waals surface area contributed by atoms with Crippen LogP contribution in [0.25, 0.3) is 33.5 Å². The predicted molar refractivity (Wildman–Crippen MR) is 126 cm³/mol. The molecule has 7 nitrogen and oxygen atoms in total. The molecule has 1 saturated heterocycles. The van der Waals surface area contributed by atoms with E-state index in [-0.39, 0.29) is 0 Å². The maximum absolute atomic E-state index is 6.57. The topological polar surface area (TPSA) is 85.8 Å². The first-order chi connectivity index (χ1) is 15.0. The molecular formula is C22H22ClN7S. The number of benzene rings is 1. The minimum Gasteiger partial charge on any atom is -0.381 e. The molecule has 1 aliphatic rings. The molecule has 0 radical (unpaired) electrons. The zero-order valence-electron chi connectivity index (χ0n) is 17.3. The maximum atomic E-state index is 6.57. The number of pyridine rings is 1. The molecule has 1 aromatic carbocycles. The summed E-state index contributed by atoms with van der Waals surface area (Å²) in [6.07, 6.45) is 4.72. The molecule has 0 spiro atoms. The monoisotopic (exact) mass is 451 g/mol. The van der Waals surface area contributed by atoms with E-state index >= 15 is 0 Å². The van der Waals surface area contributed by atoms with Crippen molar-refractivity contribution in [2.24, 2.45) is 7.05 Å². The molecule has 2 N–H and O–H groups in total. The highest BCUT2D eigenvalue weighted by Gasteiger charge is 2.24. The second kappa shape index (κ2) is 8.11. The Morgan fingerprint density at radius 3 is 2.77 bits per heavy atom. The second-order valence-electron chi connectivity index (χ2n) is 7.81. The van der Waals surface area contributed by atoms with Crippen molar-refractivity contribution in [2.75, 3.05) is 25.9 Å². The van der Waals surface area contributed by atoms with Crippen molar-refractivity contribution in [3.8, 4) is 22.6 Å². The van der Waals surface area contributed by atoms with Crippen LogP contribution in [0.3, 0.4) is 0 Å². The van der Waals surface area contributed by atoms with Crippen LogP contribution in [0.2, 0.25) is 5.02 Å². The van der Waals surface area contributed by atoms with Crippen LogP contribution in [0.4, 0.5) is 5.82 Å². The Morgan fingerprint density at radius 1 is 1.16 bits per heavy atom. The van der Waals surface area contributed by atoms with Gasteiger partial charge in [0.25, 0.3) is 0 Å². The summed E-state index contributed by atoms with van der Waals surface area (Å²) in [5, 5.41) is 7.25. The molecule has 31 heavy (non-hydrogen) atoms. The molecular weight excluding hydrogens is 430 g/mol. The van der Waals surface area contributed by atoms with E-state index in [1.165, 1.54) is 0 Å². The molecule has 1 fully saturated rings. The van der Waals surface area contributed by atoms with E-state index in [0.29, 0.717) is 21.8 Å². The molecule has 1 aliphatic heterocycles. The van der Waals surface area contributed by atoms with Crippen molar-refractivity contribution in [1.29, 1.82) is 0 Å². The molecule has 0 saturated carbocycles. The van der Waals surface area contributed by atoms with Crippen LogP contribution >= 0.6 is 23.4 Å². The summed E-state index contributed by atoms with van der Waals surface area (Å²) in [5.74, 6) is 0.428. The van der Waals surface area contributed by atoms with Crippen molar-refractivity contribution in [3.05, 3.63) is 47.7 Å². The van der Waals surface area contributed by atoms with E-state index in [1.807, 2.05) is 43.6 Å². The van der Waals surface area contributed by atoms with Gasteiger partial charge in [-0.25, -0.2) is 9.97 Å². The Morgan fingerprint density at radius 2 is 2.03 bits per heavy atom. The standard InChI is InChI=1S/C22H22ClN7S/c1-29-8-5-15(12-29)31-22-21(24)26-20(17-6-9-30(2)28-17)19(27-22)14-10-13-4-3-7-25-18(13)16(23)11-14/h3-4,6-7,9-11,15H,5,8,12H2,1-2H3,(H2,24,26). The third kappa shape index (κ3) is 3.98. The van der Waals surface area contributed by atoms with Gasteiger partial charge in [0.1, 0.15) is 16.4 Å². The second-order valence-corrected chi connectivity index (χ2v) is 9.51. The third-order valence-electron chi connectivity index (χ3n) is 5.40. The normalized spacial score (nSPS) is 16.9. The van der Waals surface area contributed by atoms with Crippen LogP contribution in [0, 0.1) is 0 Å². The molecule has 1 atom stereocenters. The van der Waals surface area contributed by atoms with Crippen LogP contribution in [-0.4, -0.2) is 55.0 Å². The lowest BCUT2D eigenvalue weighted by molar-refractivity contribution is 0.419.